The Balaban J connectivity index is 1.54. The molecule has 0 radical (unpaired) electrons. The fraction of sp³-hybridized carbons (Fsp3) is 0.333. The number of benzene rings is 2. The summed E-state index contributed by atoms with van der Waals surface area (Å²) >= 11 is 1.44. The molecule has 2 amide bonds. The molecule has 2 aromatic rings. The predicted molar refractivity (Wildman–Crippen MR) is 121 cm³/mol. The number of nitrogens with one attached hydrogen (secondary N) is 1. The maximum Gasteiger partial charge on any atom is 0.264 e. The summed E-state index contributed by atoms with van der Waals surface area (Å²) in [5.41, 5.74) is 2.31. The number of methoxy groups -OCH3 is 1. The fourth-order valence-corrected chi connectivity index (χ4v) is 4.99. The van der Waals surface area contributed by atoms with Crippen LogP contribution in [0.5, 0.6) is 5.75 Å². The SMILES string of the molecule is COc1ccc(/C=C2\Sc3ccc(C(=O)NC4CCCCC4)cc3N(C)C2=O)cc1. The third-order valence-corrected chi connectivity index (χ3v) is 6.75. The van der Waals surface area contributed by atoms with Gasteiger partial charge in [0.2, 0.25) is 0 Å². The van der Waals surface area contributed by atoms with Crippen LogP contribution in [0.3, 0.4) is 0 Å². The van der Waals surface area contributed by atoms with Crippen LogP contribution in [-0.2, 0) is 4.79 Å². The lowest BCUT2D eigenvalue weighted by atomic mass is 9.95. The number of thioether (sulfide) groups is 1. The van der Waals surface area contributed by atoms with Crippen LogP contribution in [0.4, 0.5) is 5.69 Å². The Hall–Kier alpha value is -2.73. The highest BCUT2D eigenvalue weighted by atomic mass is 32.2. The quantitative estimate of drug-likeness (QED) is 0.715. The van der Waals surface area contributed by atoms with Gasteiger partial charge in [0.15, 0.2) is 0 Å². The van der Waals surface area contributed by atoms with Crippen LogP contribution in [0, 0.1) is 0 Å². The maximum absolute atomic E-state index is 12.9. The van der Waals surface area contributed by atoms with Gasteiger partial charge in [-0.25, -0.2) is 0 Å². The van der Waals surface area contributed by atoms with Crippen LogP contribution in [0.25, 0.3) is 6.08 Å². The molecule has 1 aliphatic carbocycles. The predicted octanol–water partition coefficient (Wildman–Crippen LogP) is 4.87. The van der Waals surface area contributed by atoms with E-state index in [1.54, 1.807) is 19.1 Å². The second-order valence-corrected chi connectivity index (χ2v) is 8.82. The zero-order chi connectivity index (χ0) is 21.1. The van der Waals surface area contributed by atoms with Gasteiger partial charge in [-0.05, 0) is 54.8 Å². The van der Waals surface area contributed by atoms with E-state index in [1.165, 1.54) is 31.0 Å². The first-order valence-corrected chi connectivity index (χ1v) is 11.1. The van der Waals surface area contributed by atoms with Crippen LogP contribution >= 0.6 is 11.8 Å². The van der Waals surface area contributed by atoms with Crippen molar-refractivity contribution in [3.8, 4) is 5.75 Å². The summed E-state index contributed by atoms with van der Waals surface area (Å²) in [6, 6.07) is 13.5. The molecule has 0 bridgehead atoms. The second kappa shape index (κ2) is 8.96. The Bertz CT molecular complexity index is 978. The molecule has 0 atom stereocenters. The van der Waals surface area contributed by atoms with E-state index in [0.29, 0.717) is 10.5 Å². The van der Waals surface area contributed by atoms with Crippen LogP contribution < -0.4 is 15.0 Å². The van der Waals surface area contributed by atoms with E-state index in [9.17, 15) is 9.59 Å². The van der Waals surface area contributed by atoms with Gasteiger partial charge in [-0.2, -0.15) is 0 Å². The molecule has 1 aliphatic heterocycles. The maximum atomic E-state index is 12.9. The van der Waals surface area contributed by atoms with Gasteiger partial charge in [0, 0.05) is 23.5 Å². The van der Waals surface area contributed by atoms with Crippen molar-refractivity contribution < 1.29 is 14.3 Å². The molecule has 1 fully saturated rings. The smallest absolute Gasteiger partial charge is 0.264 e. The van der Waals surface area contributed by atoms with E-state index in [1.807, 2.05) is 48.5 Å². The number of carbonyl (C=O) groups is 2. The zero-order valence-corrected chi connectivity index (χ0v) is 18.1. The molecule has 1 heterocycles. The summed E-state index contributed by atoms with van der Waals surface area (Å²) in [5, 5.41) is 3.15. The molecule has 0 aromatic heterocycles. The molecular formula is C24H26N2O3S. The van der Waals surface area contributed by atoms with E-state index in [-0.39, 0.29) is 17.9 Å². The minimum atomic E-state index is -0.0758. The molecule has 0 spiro atoms. The number of fused-ring (bicyclic) bond motifs is 1. The number of rotatable bonds is 4. The van der Waals surface area contributed by atoms with Crippen LogP contribution in [0.1, 0.15) is 48.0 Å². The molecule has 2 aliphatic rings. The summed E-state index contributed by atoms with van der Waals surface area (Å²) < 4.78 is 5.19. The van der Waals surface area contributed by atoms with Gasteiger partial charge in [-0.3, -0.25) is 9.59 Å². The third kappa shape index (κ3) is 4.38. The third-order valence-electron chi connectivity index (χ3n) is 5.67. The number of likely N-dealkylation sites (N-methyl/N-ethyl adjacent to an activating group) is 1. The zero-order valence-electron chi connectivity index (χ0n) is 17.3. The van der Waals surface area contributed by atoms with E-state index >= 15 is 0 Å². The van der Waals surface area contributed by atoms with Crippen molar-refractivity contribution in [2.45, 2.75) is 43.0 Å². The Morgan fingerprint density at radius 3 is 2.57 bits per heavy atom. The standard InChI is InChI=1S/C24H26N2O3S/c1-26-20-15-17(23(27)25-18-6-4-3-5-7-18)10-13-21(20)30-22(24(26)28)14-16-8-11-19(29-2)12-9-16/h8-15,18H,3-7H2,1-2H3,(H,25,27)/b22-14-. The van der Waals surface area contributed by atoms with Crippen LogP contribution in [0.15, 0.2) is 52.3 Å². The number of anilines is 1. The first-order valence-electron chi connectivity index (χ1n) is 10.3. The number of hydrogen-bond donors (Lipinski definition) is 1. The summed E-state index contributed by atoms with van der Waals surface area (Å²) in [5.74, 6) is 0.643. The lowest BCUT2D eigenvalue weighted by Crippen LogP contribution is -2.36. The van der Waals surface area contributed by atoms with Gasteiger partial charge >= 0.3 is 0 Å². The van der Waals surface area contributed by atoms with E-state index in [4.69, 9.17) is 4.74 Å². The largest absolute Gasteiger partial charge is 0.497 e. The Kier molecular flexibility index (Phi) is 6.13. The Morgan fingerprint density at radius 1 is 1.13 bits per heavy atom. The number of carbonyl (C=O) groups excluding carboxylic acids is 2. The molecule has 0 unspecified atom stereocenters. The average molecular weight is 423 g/mol. The molecule has 4 rings (SSSR count). The number of hydrogen-bond acceptors (Lipinski definition) is 4. The first-order chi connectivity index (χ1) is 14.5. The van der Waals surface area contributed by atoms with Crippen molar-refractivity contribution in [1.82, 2.24) is 5.32 Å². The molecule has 6 heteroatoms. The average Bonchev–Trinajstić information content (AvgIpc) is 2.78. The first kappa shape index (κ1) is 20.5. The minimum Gasteiger partial charge on any atom is -0.497 e. The van der Waals surface area contributed by atoms with E-state index in [0.717, 1.165) is 34.7 Å². The summed E-state index contributed by atoms with van der Waals surface area (Å²) in [7, 11) is 3.38. The topological polar surface area (TPSA) is 58.6 Å². The molecule has 1 N–H and O–H groups in total. The van der Waals surface area contributed by atoms with Crippen molar-refractivity contribution >= 4 is 35.3 Å². The van der Waals surface area contributed by atoms with Gasteiger partial charge in [0.1, 0.15) is 5.75 Å². The number of nitrogens with zero attached hydrogens (tertiary/aromatic N) is 1. The van der Waals surface area contributed by atoms with Gasteiger partial charge in [0.25, 0.3) is 11.8 Å². The molecular weight excluding hydrogens is 396 g/mol. The lowest BCUT2D eigenvalue weighted by molar-refractivity contribution is -0.114. The highest BCUT2D eigenvalue weighted by Gasteiger charge is 2.27. The van der Waals surface area contributed by atoms with Crippen LogP contribution in [-0.4, -0.2) is 32.0 Å². The van der Waals surface area contributed by atoms with Gasteiger partial charge < -0.3 is 15.0 Å². The molecule has 2 aromatic carbocycles. The van der Waals surface area contributed by atoms with Crippen molar-refractivity contribution in [2.75, 3.05) is 19.1 Å². The Labute approximate surface area is 181 Å². The number of ether oxygens (including phenoxy) is 1. The molecule has 156 valence electrons. The second-order valence-electron chi connectivity index (χ2n) is 7.74. The van der Waals surface area contributed by atoms with Crippen molar-refractivity contribution in [3.05, 3.63) is 58.5 Å². The summed E-state index contributed by atoms with van der Waals surface area (Å²) in [6.07, 6.45) is 7.57. The van der Waals surface area contributed by atoms with Crippen molar-refractivity contribution in [2.24, 2.45) is 0 Å². The monoisotopic (exact) mass is 422 g/mol. The highest BCUT2D eigenvalue weighted by molar-refractivity contribution is 8.04. The molecule has 1 saturated carbocycles. The fourth-order valence-electron chi connectivity index (χ4n) is 3.90. The normalized spacial score (nSPS) is 18.3. The number of amides is 2. The van der Waals surface area contributed by atoms with Crippen LogP contribution in [0.2, 0.25) is 0 Å². The summed E-state index contributed by atoms with van der Waals surface area (Å²) in [6.45, 7) is 0. The molecule has 30 heavy (non-hydrogen) atoms. The van der Waals surface area contributed by atoms with Gasteiger partial charge in [0.05, 0.1) is 17.7 Å². The van der Waals surface area contributed by atoms with Crippen molar-refractivity contribution in [3.63, 3.8) is 0 Å². The molecule has 0 saturated heterocycles. The van der Waals surface area contributed by atoms with Crippen molar-refractivity contribution in [1.29, 1.82) is 0 Å². The van der Waals surface area contributed by atoms with E-state index in [2.05, 4.69) is 5.32 Å². The van der Waals surface area contributed by atoms with Gasteiger partial charge in [-0.1, -0.05) is 43.2 Å². The van der Waals surface area contributed by atoms with Gasteiger partial charge in [-0.15, -0.1) is 0 Å². The molecule has 5 nitrogen and oxygen atoms in total. The summed E-state index contributed by atoms with van der Waals surface area (Å²) in [4.78, 5) is 28.9. The highest BCUT2D eigenvalue weighted by Crippen LogP contribution is 2.42. The Morgan fingerprint density at radius 2 is 1.87 bits per heavy atom. The lowest BCUT2D eigenvalue weighted by Gasteiger charge is -2.28. The van der Waals surface area contributed by atoms with E-state index < -0.39 is 0 Å². The minimum absolute atomic E-state index is 0.0601.